The van der Waals surface area contributed by atoms with E-state index in [0.717, 1.165) is 12.1 Å². The molecule has 98 valence electrons. The Balaban J connectivity index is 2.70. The lowest BCUT2D eigenvalue weighted by Crippen LogP contribution is -2.34. The summed E-state index contributed by atoms with van der Waals surface area (Å²) in [5, 5.41) is 3.97. The van der Waals surface area contributed by atoms with Gasteiger partial charge in [-0.3, -0.25) is 10.1 Å². The van der Waals surface area contributed by atoms with E-state index in [0.29, 0.717) is 0 Å². The van der Waals surface area contributed by atoms with Gasteiger partial charge < -0.3 is 5.32 Å². The van der Waals surface area contributed by atoms with Crippen LogP contribution in [-0.4, -0.2) is 17.8 Å². The van der Waals surface area contributed by atoms with Gasteiger partial charge in [0.1, 0.15) is 11.6 Å². The highest BCUT2D eigenvalue weighted by Crippen LogP contribution is 2.18. The van der Waals surface area contributed by atoms with Crippen LogP contribution in [0.25, 0.3) is 0 Å². The lowest BCUT2D eigenvalue weighted by atomic mass is 10.2. The molecule has 1 rings (SSSR count). The summed E-state index contributed by atoms with van der Waals surface area (Å²) in [7, 11) is 0. The highest BCUT2D eigenvalue weighted by atomic mass is 35.5. The number of alkyl halides is 1. The van der Waals surface area contributed by atoms with Gasteiger partial charge in [-0.25, -0.2) is 13.6 Å². The lowest BCUT2D eigenvalue weighted by Gasteiger charge is -2.08. The molecule has 3 amide bonds. The van der Waals surface area contributed by atoms with E-state index in [4.69, 9.17) is 11.6 Å². The van der Waals surface area contributed by atoms with Crippen molar-refractivity contribution in [3.8, 4) is 0 Å². The largest absolute Gasteiger partial charge is 0.325 e. The molecule has 2 N–H and O–H groups in total. The van der Waals surface area contributed by atoms with Crippen molar-refractivity contribution in [3.05, 3.63) is 29.3 Å². The Bertz CT molecular complexity index is 480. The highest BCUT2D eigenvalue weighted by molar-refractivity contribution is 6.19. The Morgan fingerprint density at radius 3 is 2.56 bits per heavy atom. The van der Waals surface area contributed by atoms with Crippen molar-refractivity contribution >= 4 is 29.2 Å². The fraction of sp³-hybridized carbons (Fsp3) is 0.273. The molecule has 0 aliphatic heterocycles. The third-order valence-electron chi connectivity index (χ3n) is 2.07. The molecule has 0 aliphatic carbocycles. The Labute approximate surface area is 107 Å². The van der Waals surface area contributed by atoms with Gasteiger partial charge in [0.2, 0.25) is 5.91 Å². The van der Waals surface area contributed by atoms with Crippen LogP contribution in [0.15, 0.2) is 12.1 Å². The van der Waals surface area contributed by atoms with E-state index in [1.807, 2.05) is 10.6 Å². The molecule has 0 bridgehead atoms. The molecule has 0 saturated carbocycles. The van der Waals surface area contributed by atoms with Crippen molar-refractivity contribution < 1.29 is 18.4 Å². The summed E-state index contributed by atoms with van der Waals surface area (Å²) >= 11 is 5.30. The molecule has 0 radical (unpaired) electrons. The summed E-state index contributed by atoms with van der Waals surface area (Å²) in [6.45, 7) is 1.40. The number of halogens is 3. The zero-order chi connectivity index (χ0) is 13.7. The topological polar surface area (TPSA) is 58.2 Å². The number of urea groups is 1. The quantitative estimate of drug-likeness (QED) is 0.834. The van der Waals surface area contributed by atoms with Crippen LogP contribution < -0.4 is 10.6 Å². The Morgan fingerprint density at radius 2 is 1.94 bits per heavy atom. The van der Waals surface area contributed by atoms with Crippen molar-refractivity contribution in [2.75, 3.05) is 11.2 Å². The molecule has 18 heavy (non-hydrogen) atoms. The molecule has 0 spiro atoms. The minimum atomic E-state index is -0.938. The Morgan fingerprint density at radius 1 is 1.28 bits per heavy atom. The first-order valence-electron chi connectivity index (χ1n) is 5.06. The number of amides is 3. The molecule has 0 atom stereocenters. The van der Waals surface area contributed by atoms with Crippen LogP contribution in [0, 0.1) is 18.6 Å². The summed E-state index contributed by atoms with van der Waals surface area (Å²) < 4.78 is 26.5. The molecule has 0 saturated heterocycles. The lowest BCUT2D eigenvalue weighted by molar-refractivity contribution is -0.119. The van der Waals surface area contributed by atoms with Gasteiger partial charge in [-0.1, -0.05) is 0 Å². The Kier molecular flexibility index (Phi) is 5.03. The van der Waals surface area contributed by atoms with Crippen molar-refractivity contribution in [1.82, 2.24) is 5.32 Å². The van der Waals surface area contributed by atoms with Crippen LogP contribution in [0.2, 0.25) is 0 Å². The predicted molar refractivity (Wildman–Crippen MR) is 63.6 cm³/mol. The smallest absolute Gasteiger partial charge is 0.305 e. The highest BCUT2D eigenvalue weighted by Gasteiger charge is 2.12. The molecule has 0 heterocycles. The van der Waals surface area contributed by atoms with Crippen LogP contribution in [-0.2, 0) is 4.79 Å². The van der Waals surface area contributed by atoms with Crippen molar-refractivity contribution in [3.63, 3.8) is 0 Å². The SMILES string of the molecule is Cc1cc(F)c(NC(=O)NC(=O)CCCl)cc1F. The van der Waals surface area contributed by atoms with E-state index >= 15 is 0 Å². The number of rotatable bonds is 3. The molecule has 1 aromatic rings. The Hall–Kier alpha value is -1.69. The molecule has 4 nitrogen and oxygen atoms in total. The fourth-order valence-corrected chi connectivity index (χ4v) is 1.34. The van der Waals surface area contributed by atoms with E-state index < -0.39 is 23.6 Å². The maximum atomic E-state index is 13.4. The number of imide groups is 1. The summed E-state index contributed by atoms with van der Waals surface area (Å²) in [6, 6.07) is 0.856. The number of nitrogens with one attached hydrogen (secondary N) is 2. The van der Waals surface area contributed by atoms with E-state index in [-0.39, 0.29) is 23.6 Å². The molecule has 0 aromatic heterocycles. The van der Waals surface area contributed by atoms with E-state index in [9.17, 15) is 18.4 Å². The molecule has 0 unspecified atom stereocenters. The van der Waals surface area contributed by atoms with Gasteiger partial charge in [0, 0.05) is 18.4 Å². The average Bonchev–Trinajstić information content (AvgIpc) is 2.26. The number of hydrogen-bond acceptors (Lipinski definition) is 2. The average molecular weight is 277 g/mol. The number of carbonyl (C=O) groups excluding carboxylic acids is 2. The standard InChI is InChI=1S/C11H11ClF2N2O2/c1-6-4-8(14)9(5-7(6)13)15-11(18)16-10(17)2-3-12/h4-5H,2-3H2,1H3,(H2,15,16,17,18). The molecule has 7 heteroatoms. The van der Waals surface area contributed by atoms with Gasteiger partial charge in [-0.2, -0.15) is 0 Å². The first kappa shape index (κ1) is 14.4. The normalized spacial score (nSPS) is 10.0. The summed E-state index contributed by atoms with van der Waals surface area (Å²) in [5.41, 5.74) is -0.217. The van der Waals surface area contributed by atoms with Crippen LogP contribution in [0.1, 0.15) is 12.0 Å². The first-order chi connectivity index (χ1) is 8.43. The van der Waals surface area contributed by atoms with Crippen molar-refractivity contribution in [2.24, 2.45) is 0 Å². The van der Waals surface area contributed by atoms with Crippen LogP contribution in [0.3, 0.4) is 0 Å². The van der Waals surface area contributed by atoms with Gasteiger partial charge in [-0.05, 0) is 18.6 Å². The van der Waals surface area contributed by atoms with E-state index in [1.54, 1.807) is 0 Å². The second kappa shape index (κ2) is 6.30. The number of aryl methyl sites for hydroxylation is 1. The van der Waals surface area contributed by atoms with Crippen LogP contribution in [0.4, 0.5) is 19.3 Å². The van der Waals surface area contributed by atoms with Gasteiger partial charge in [0.25, 0.3) is 0 Å². The summed E-state index contributed by atoms with van der Waals surface area (Å²) in [5.74, 6) is -1.98. The number of hydrogen-bond donors (Lipinski definition) is 2. The molecule has 0 aliphatic rings. The van der Waals surface area contributed by atoms with Crippen LogP contribution >= 0.6 is 11.6 Å². The third-order valence-corrected chi connectivity index (χ3v) is 2.26. The summed E-state index contributed by atoms with van der Waals surface area (Å²) in [6.07, 6.45) is -0.0419. The second-order valence-electron chi connectivity index (χ2n) is 3.52. The molecule has 1 aromatic carbocycles. The van der Waals surface area contributed by atoms with Gasteiger partial charge in [0.05, 0.1) is 5.69 Å². The van der Waals surface area contributed by atoms with E-state index in [2.05, 4.69) is 0 Å². The fourth-order valence-electron chi connectivity index (χ4n) is 1.17. The molecular weight excluding hydrogens is 266 g/mol. The van der Waals surface area contributed by atoms with Crippen molar-refractivity contribution in [1.29, 1.82) is 0 Å². The van der Waals surface area contributed by atoms with Crippen molar-refractivity contribution in [2.45, 2.75) is 13.3 Å². The maximum absolute atomic E-state index is 13.4. The minimum Gasteiger partial charge on any atom is -0.305 e. The zero-order valence-electron chi connectivity index (χ0n) is 9.52. The maximum Gasteiger partial charge on any atom is 0.325 e. The first-order valence-corrected chi connectivity index (χ1v) is 5.60. The number of anilines is 1. The van der Waals surface area contributed by atoms with Gasteiger partial charge in [-0.15, -0.1) is 11.6 Å². The molecular formula is C11H11ClF2N2O2. The second-order valence-corrected chi connectivity index (χ2v) is 3.90. The van der Waals surface area contributed by atoms with E-state index in [1.165, 1.54) is 6.92 Å². The monoisotopic (exact) mass is 276 g/mol. The zero-order valence-corrected chi connectivity index (χ0v) is 10.3. The van der Waals surface area contributed by atoms with Crippen LogP contribution in [0.5, 0.6) is 0 Å². The minimum absolute atomic E-state index is 0.0419. The van der Waals surface area contributed by atoms with Gasteiger partial charge >= 0.3 is 6.03 Å². The molecule has 0 fully saturated rings. The predicted octanol–water partition coefficient (Wildman–Crippen LogP) is 2.55. The number of carbonyl (C=O) groups is 2. The number of benzene rings is 1. The third kappa shape index (κ3) is 3.96. The van der Waals surface area contributed by atoms with Gasteiger partial charge in [0.15, 0.2) is 0 Å². The summed E-state index contributed by atoms with van der Waals surface area (Å²) in [4.78, 5) is 22.3.